The van der Waals surface area contributed by atoms with Gasteiger partial charge in [0.25, 0.3) is 0 Å². The summed E-state index contributed by atoms with van der Waals surface area (Å²) in [7, 11) is 1.34. The highest BCUT2D eigenvalue weighted by molar-refractivity contribution is 5.86. The lowest BCUT2D eigenvalue weighted by Gasteiger charge is -2.33. The molecule has 134 valence electrons. The van der Waals surface area contributed by atoms with Crippen molar-refractivity contribution in [1.82, 2.24) is 20.2 Å². The van der Waals surface area contributed by atoms with Gasteiger partial charge in [0.1, 0.15) is 11.9 Å². The first-order valence-electron chi connectivity index (χ1n) is 8.58. The number of piperidine rings is 1. The largest absolute Gasteiger partial charge is 0.453 e. The summed E-state index contributed by atoms with van der Waals surface area (Å²) in [4.78, 5) is 33.7. The van der Waals surface area contributed by atoms with E-state index < -0.39 is 12.1 Å². The average molecular weight is 344 g/mol. The van der Waals surface area contributed by atoms with E-state index in [2.05, 4.69) is 28.3 Å². The summed E-state index contributed by atoms with van der Waals surface area (Å²) in [5, 5.41) is 2.89. The number of hydrogen-bond acceptors (Lipinski definition) is 4. The normalized spacial score (nSPS) is 17.6. The van der Waals surface area contributed by atoms with Gasteiger partial charge in [0.15, 0.2) is 0 Å². The summed E-state index contributed by atoms with van der Waals surface area (Å²) in [5.74, 6) is 0.538. The Labute approximate surface area is 146 Å². The molecule has 1 atom stereocenters. The van der Waals surface area contributed by atoms with Crippen molar-refractivity contribution < 1.29 is 14.3 Å². The van der Waals surface area contributed by atoms with Crippen LogP contribution in [0.2, 0.25) is 0 Å². The molecular formula is C18H24N4O3. The van der Waals surface area contributed by atoms with Crippen molar-refractivity contribution in [2.75, 3.05) is 13.7 Å². The maximum absolute atomic E-state index is 12.5. The van der Waals surface area contributed by atoms with Crippen LogP contribution in [0, 0.1) is 13.8 Å². The molecule has 3 rings (SSSR count). The van der Waals surface area contributed by atoms with E-state index in [0.717, 1.165) is 29.4 Å². The van der Waals surface area contributed by atoms with Gasteiger partial charge >= 0.3 is 6.09 Å². The molecule has 7 nitrogen and oxygen atoms in total. The van der Waals surface area contributed by atoms with Gasteiger partial charge in [-0.1, -0.05) is 6.07 Å². The number of imidazole rings is 1. The predicted molar refractivity (Wildman–Crippen MR) is 94.2 cm³/mol. The molecule has 2 heterocycles. The molecule has 1 fully saturated rings. The number of methoxy groups -OCH3 is 1. The maximum atomic E-state index is 12.5. The van der Waals surface area contributed by atoms with E-state index in [0.29, 0.717) is 25.3 Å². The van der Waals surface area contributed by atoms with Crippen molar-refractivity contribution in [2.24, 2.45) is 0 Å². The van der Waals surface area contributed by atoms with Crippen molar-refractivity contribution >= 4 is 23.0 Å². The predicted octanol–water partition coefficient (Wildman–Crippen LogP) is 2.42. The minimum atomic E-state index is -0.477. The number of ether oxygens (including phenoxy) is 1. The lowest BCUT2D eigenvalue weighted by molar-refractivity contribution is -0.127. The first-order chi connectivity index (χ1) is 12.0. The monoisotopic (exact) mass is 344 g/mol. The number of fused-ring (bicyclic) bond motifs is 1. The van der Waals surface area contributed by atoms with Crippen molar-refractivity contribution in [3.05, 3.63) is 29.1 Å². The summed E-state index contributed by atoms with van der Waals surface area (Å²) in [6, 6.07) is 3.57. The third-order valence-corrected chi connectivity index (χ3v) is 4.87. The van der Waals surface area contributed by atoms with E-state index in [9.17, 15) is 9.59 Å². The van der Waals surface area contributed by atoms with Gasteiger partial charge in [-0.15, -0.1) is 0 Å². The van der Waals surface area contributed by atoms with E-state index in [1.54, 1.807) is 0 Å². The number of carbonyl (C=O) groups excluding carboxylic acids is 2. The van der Waals surface area contributed by atoms with Crippen LogP contribution in [0.15, 0.2) is 12.1 Å². The van der Waals surface area contributed by atoms with Gasteiger partial charge in [-0.25, -0.2) is 9.78 Å². The van der Waals surface area contributed by atoms with Crippen LogP contribution < -0.4 is 5.32 Å². The SMILES string of the molecule is COC(=O)N1CCCC[C@@H]1C(=O)NCc1nc2c(C)c(C)ccc2[nH]1. The number of carbonyl (C=O) groups is 2. The number of aromatic nitrogens is 2. The third kappa shape index (κ3) is 3.45. The second-order valence-corrected chi connectivity index (χ2v) is 6.48. The number of aromatic amines is 1. The quantitative estimate of drug-likeness (QED) is 0.895. The highest BCUT2D eigenvalue weighted by Gasteiger charge is 2.32. The van der Waals surface area contributed by atoms with Crippen LogP contribution in [-0.2, 0) is 16.1 Å². The van der Waals surface area contributed by atoms with E-state index >= 15 is 0 Å². The lowest BCUT2D eigenvalue weighted by atomic mass is 10.0. The Bertz CT molecular complexity index is 799. The molecule has 7 heteroatoms. The van der Waals surface area contributed by atoms with Gasteiger partial charge in [-0.05, 0) is 50.3 Å². The molecule has 1 aromatic heterocycles. The Balaban J connectivity index is 1.69. The van der Waals surface area contributed by atoms with Crippen LogP contribution in [0.5, 0.6) is 0 Å². The summed E-state index contributed by atoms with van der Waals surface area (Å²) in [5.41, 5.74) is 4.21. The van der Waals surface area contributed by atoms with Gasteiger partial charge in [0.05, 0.1) is 24.7 Å². The Hall–Kier alpha value is -2.57. The van der Waals surface area contributed by atoms with Gasteiger partial charge in [0, 0.05) is 6.54 Å². The number of H-pyrrole nitrogens is 1. The number of aryl methyl sites for hydroxylation is 2. The Morgan fingerprint density at radius 2 is 2.16 bits per heavy atom. The van der Waals surface area contributed by atoms with Crippen LogP contribution >= 0.6 is 0 Å². The molecule has 0 spiro atoms. The third-order valence-electron chi connectivity index (χ3n) is 4.87. The van der Waals surface area contributed by atoms with Gasteiger partial charge in [-0.2, -0.15) is 0 Å². The summed E-state index contributed by atoms with van der Waals surface area (Å²) in [6.45, 7) is 4.94. The van der Waals surface area contributed by atoms with Crippen molar-refractivity contribution in [3.63, 3.8) is 0 Å². The number of benzene rings is 1. The minimum Gasteiger partial charge on any atom is -0.453 e. The van der Waals surface area contributed by atoms with Crippen molar-refractivity contribution in [3.8, 4) is 0 Å². The molecule has 1 aliphatic heterocycles. The van der Waals surface area contributed by atoms with Gasteiger partial charge < -0.3 is 15.0 Å². The second kappa shape index (κ2) is 7.13. The smallest absolute Gasteiger partial charge is 0.410 e. The molecule has 0 bridgehead atoms. The number of amides is 2. The average Bonchev–Trinajstić information content (AvgIpc) is 3.06. The highest BCUT2D eigenvalue weighted by atomic mass is 16.5. The van der Waals surface area contributed by atoms with Crippen molar-refractivity contribution in [2.45, 2.75) is 45.7 Å². The molecule has 0 radical (unpaired) electrons. The first-order valence-corrected chi connectivity index (χ1v) is 8.58. The Kier molecular flexibility index (Phi) is 4.92. The molecule has 0 saturated carbocycles. The maximum Gasteiger partial charge on any atom is 0.410 e. The van der Waals surface area contributed by atoms with E-state index in [1.165, 1.54) is 17.6 Å². The zero-order valence-corrected chi connectivity index (χ0v) is 14.9. The number of hydrogen-bond donors (Lipinski definition) is 2. The number of nitrogens with zero attached hydrogens (tertiary/aromatic N) is 2. The van der Waals surface area contributed by atoms with Crippen LogP contribution in [0.4, 0.5) is 4.79 Å². The molecule has 1 saturated heterocycles. The second-order valence-electron chi connectivity index (χ2n) is 6.48. The molecule has 2 N–H and O–H groups in total. The molecular weight excluding hydrogens is 320 g/mol. The molecule has 1 aliphatic rings. The highest BCUT2D eigenvalue weighted by Crippen LogP contribution is 2.20. The van der Waals surface area contributed by atoms with E-state index in [-0.39, 0.29) is 5.91 Å². The first kappa shape index (κ1) is 17.3. The molecule has 2 amide bonds. The van der Waals surface area contributed by atoms with Crippen LogP contribution in [0.1, 0.15) is 36.2 Å². The van der Waals surface area contributed by atoms with E-state index in [4.69, 9.17) is 4.74 Å². The van der Waals surface area contributed by atoms with E-state index in [1.807, 2.05) is 13.0 Å². The van der Waals surface area contributed by atoms with Gasteiger partial charge in [0.2, 0.25) is 5.91 Å². The Morgan fingerprint density at radius 3 is 2.92 bits per heavy atom. The molecule has 0 aliphatic carbocycles. The standard InChI is InChI=1S/C18H24N4O3/c1-11-7-8-13-16(12(11)2)21-15(20-13)10-19-17(23)14-6-4-5-9-22(14)18(24)25-3/h7-8,14H,4-6,9-10H2,1-3H3,(H,19,23)(H,20,21)/t14-/m1/s1. The summed E-state index contributed by atoms with van der Waals surface area (Å²) < 4.78 is 4.79. The molecule has 2 aromatic rings. The zero-order valence-electron chi connectivity index (χ0n) is 14.9. The number of nitrogens with one attached hydrogen (secondary N) is 2. The number of rotatable bonds is 3. The summed E-state index contributed by atoms with van der Waals surface area (Å²) in [6.07, 6.45) is 2.02. The molecule has 1 aromatic carbocycles. The lowest BCUT2D eigenvalue weighted by Crippen LogP contribution is -2.51. The fourth-order valence-electron chi connectivity index (χ4n) is 3.28. The Morgan fingerprint density at radius 1 is 1.36 bits per heavy atom. The van der Waals surface area contributed by atoms with Crippen LogP contribution in [0.25, 0.3) is 11.0 Å². The van der Waals surface area contributed by atoms with Crippen molar-refractivity contribution in [1.29, 1.82) is 0 Å². The summed E-state index contributed by atoms with van der Waals surface area (Å²) >= 11 is 0. The zero-order chi connectivity index (χ0) is 18.0. The fraction of sp³-hybridized carbons (Fsp3) is 0.500. The van der Waals surface area contributed by atoms with Crippen LogP contribution in [0.3, 0.4) is 0 Å². The molecule has 25 heavy (non-hydrogen) atoms. The fourth-order valence-corrected chi connectivity index (χ4v) is 3.28. The number of likely N-dealkylation sites (tertiary alicyclic amines) is 1. The topological polar surface area (TPSA) is 87.3 Å². The minimum absolute atomic E-state index is 0.168. The van der Waals surface area contributed by atoms with Crippen LogP contribution in [-0.4, -0.2) is 46.6 Å². The van der Waals surface area contributed by atoms with Gasteiger partial charge in [-0.3, -0.25) is 9.69 Å². The molecule has 0 unspecified atom stereocenters.